The van der Waals surface area contributed by atoms with E-state index in [-0.39, 0.29) is 0 Å². The van der Waals surface area contributed by atoms with Crippen LogP contribution in [0.1, 0.15) is 57.7 Å². The van der Waals surface area contributed by atoms with Gasteiger partial charge in [0.1, 0.15) is 0 Å². The molecular weight excluding hydrogens is 250 g/mol. The first-order chi connectivity index (χ1) is 8.86. The second-order valence-electron chi connectivity index (χ2n) is 6.68. The smallest absolute Gasteiger partial charge is 0.0118 e. The van der Waals surface area contributed by atoms with Gasteiger partial charge in [-0.1, -0.05) is 41.5 Å². The van der Waals surface area contributed by atoms with Crippen LogP contribution >= 0.6 is 11.3 Å². The summed E-state index contributed by atoms with van der Waals surface area (Å²) in [6.07, 6.45) is 3.60. The Bertz CT molecular complexity index is 362. The molecule has 0 aliphatic rings. The molecule has 1 N–H and O–H groups in total. The van der Waals surface area contributed by atoms with Crippen molar-refractivity contribution < 1.29 is 0 Å². The summed E-state index contributed by atoms with van der Waals surface area (Å²) in [7, 11) is 0. The van der Waals surface area contributed by atoms with E-state index in [1.165, 1.54) is 22.6 Å². The third kappa shape index (κ3) is 5.66. The zero-order chi connectivity index (χ0) is 14.5. The van der Waals surface area contributed by atoms with Crippen molar-refractivity contribution >= 4 is 11.3 Å². The molecular formula is C17H31NS. The van der Waals surface area contributed by atoms with Gasteiger partial charge in [0, 0.05) is 15.8 Å². The van der Waals surface area contributed by atoms with E-state index >= 15 is 0 Å². The van der Waals surface area contributed by atoms with Crippen molar-refractivity contribution in [1.82, 2.24) is 5.32 Å². The summed E-state index contributed by atoms with van der Waals surface area (Å²) in [4.78, 5) is 3.04. The van der Waals surface area contributed by atoms with Crippen LogP contribution in [0.5, 0.6) is 0 Å². The molecule has 2 unspecified atom stereocenters. The van der Waals surface area contributed by atoms with Crippen molar-refractivity contribution in [2.45, 2.75) is 66.8 Å². The lowest BCUT2D eigenvalue weighted by Gasteiger charge is -2.31. The molecule has 0 aromatic carbocycles. The molecule has 2 atom stereocenters. The Kier molecular flexibility index (Phi) is 6.55. The van der Waals surface area contributed by atoms with Gasteiger partial charge >= 0.3 is 0 Å². The maximum Gasteiger partial charge on any atom is 0.0118 e. The minimum atomic E-state index is 0.400. The van der Waals surface area contributed by atoms with Gasteiger partial charge in [-0.15, -0.1) is 11.3 Å². The molecule has 0 aliphatic carbocycles. The molecule has 2 heteroatoms. The molecule has 0 radical (unpaired) electrons. The van der Waals surface area contributed by atoms with Gasteiger partial charge in [-0.25, -0.2) is 0 Å². The molecule has 0 saturated heterocycles. The molecule has 1 nitrogen and oxygen atoms in total. The van der Waals surface area contributed by atoms with Crippen LogP contribution in [0.4, 0.5) is 0 Å². The summed E-state index contributed by atoms with van der Waals surface area (Å²) in [5.41, 5.74) is 0.400. The predicted molar refractivity (Wildman–Crippen MR) is 88.1 cm³/mol. The number of likely N-dealkylation sites (N-methyl/N-ethyl adjacent to an activating group) is 1. The van der Waals surface area contributed by atoms with Crippen LogP contribution in [0.2, 0.25) is 0 Å². The summed E-state index contributed by atoms with van der Waals surface area (Å²) in [6.45, 7) is 14.9. The van der Waals surface area contributed by atoms with Gasteiger partial charge in [-0.2, -0.15) is 0 Å². The Hall–Kier alpha value is -0.340. The fourth-order valence-corrected chi connectivity index (χ4v) is 3.31. The van der Waals surface area contributed by atoms with E-state index < -0.39 is 0 Å². The standard InChI is InChI=1S/C17H31NS/c1-7-15-9-10-16(19-15)12-14(18-8-2)11-13(3)17(4,5)6/h9-10,13-14,18H,7-8,11-12H2,1-6H3. The van der Waals surface area contributed by atoms with Gasteiger partial charge in [0.15, 0.2) is 0 Å². The van der Waals surface area contributed by atoms with E-state index in [9.17, 15) is 0 Å². The minimum absolute atomic E-state index is 0.400. The molecule has 0 amide bonds. The first-order valence-electron chi connectivity index (χ1n) is 7.67. The highest BCUT2D eigenvalue weighted by atomic mass is 32.1. The normalized spacial score (nSPS) is 15.5. The molecule has 1 aromatic heterocycles. The molecule has 0 aliphatic heterocycles. The number of aryl methyl sites for hydroxylation is 1. The molecule has 0 bridgehead atoms. The molecule has 0 saturated carbocycles. The fourth-order valence-electron chi connectivity index (χ4n) is 2.27. The fraction of sp³-hybridized carbons (Fsp3) is 0.765. The molecule has 0 spiro atoms. The highest BCUT2D eigenvalue weighted by molar-refractivity contribution is 7.11. The highest BCUT2D eigenvalue weighted by Crippen LogP contribution is 2.30. The Morgan fingerprint density at radius 3 is 2.26 bits per heavy atom. The Morgan fingerprint density at radius 2 is 1.79 bits per heavy atom. The zero-order valence-corrected chi connectivity index (χ0v) is 14.4. The minimum Gasteiger partial charge on any atom is -0.314 e. The van der Waals surface area contributed by atoms with E-state index in [4.69, 9.17) is 0 Å². The molecule has 0 fully saturated rings. The summed E-state index contributed by atoms with van der Waals surface area (Å²) in [5, 5.41) is 3.67. The van der Waals surface area contributed by atoms with Crippen molar-refractivity contribution in [2.24, 2.45) is 11.3 Å². The maximum atomic E-state index is 3.67. The largest absolute Gasteiger partial charge is 0.314 e. The van der Waals surface area contributed by atoms with Crippen LogP contribution in [0.3, 0.4) is 0 Å². The second-order valence-corrected chi connectivity index (χ2v) is 7.94. The Labute approximate surface area is 123 Å². The maximum absolute atomic E-state index is 3.67. The lowest BCUT2D eigenvalue weighted by Crippen LogP contribution is -2.35. The van der Waals surface area contributed by atoms with Gasteiger partial charge in [-0.3, -0.25) is 0 Å². The van der Waals surface area contributed by atoms with Gasteiger partial charge in [-0.05, 0) is 49.3 Å². The average molecular weight is 282 g/mol. The van der Waals surface area contributed by atoms with Gasteiger partial charge in [0.05, 0.1) is 0 Å². The van der Waals surface area contributed by atoms with Gasteiger partial charge < -0.3 is 5.32 Å². The van der Waals surface area contributed by atoms with Crippen LogP contribution < -0.4 is 5.32 Å². The second kappa shape index (κ2) is 7.44. The third-order valence-electron chi connectivity index (χ3n) is 4.12. The zero-order valence-electron chi connectivity index (χ0n) is 13.5. The number of nitrogens with one attached hydrogen (secondary N) is 1. The van der Waals surface area contributed by atoms with Crippen LogP contribution in [0.25, 0.3) is 0 Å². The first-order valence-corrected chi connectivity index (χ1v) is 8.49. The van der Waals surface area contributed by atoms with Gasteiger partial charge in [0.2, 0.25) is 0 Å². The van der Waals surface area contributed by atoms with E-state index in [0.717, 1.165) is 18.9 Å². The van der Waals surface area contributed by atoms with E-state index in [2.05, 4.69) is 59.0 Å². The van der Waals surface area contributed by atoms with Crippen LogP contribution in [0.15, 0.2) is 12.1 Å². The Morgan fingerprint density at radius 1 is 1.16 bits per heavy atom. The lowest BCUT2D eigenvalue weighted by molar-refractivity contribution is 0.223. The van der Waals surface area contributed by atoms with Crippen LogP contribution in [-0.4, -0.2) is 12.6 Å². The molecule has 19 heavy (non-hydrogen) atoms. The summed E-state index contributed by atoms with van der Waals surface area (Å²) in [5.74, 6) is 0.738. The number of hydrogen-bond acceptors (Lipinski definition) is 2. The quantitative estimate of drug-likeness (QED) is 0.749. The molecule has 1 aromatic rings. The first kappa shape index (κ1) is 16.7. The summed E-state index contributed by atoms with van der Waals surface area (Å²) >= 11 is 1.98. The van der Waals surface area contributed by atoms with E-state index in [1.54, 1.807) is 0 Å². The van der Waals surface area contributed by atoms with E-state index in [1.807, 2.05) is 11.3 Å². The van der Waals surface area contributed by atoms with Crippen LogP contribution in [-0.2, 0) is 12.8 Å². The van der Waals surface area contributed by atoms with Crippen molar-refractivity contribution in [2.75, 3.05) is 6.54 Å². The van der Waals surface area contributed by atoms with Crippen molar-refractivity contribution in [3.63, 3.8) is 0 Å². The SMILES string of the molecule is CCNC(Cc1ccc(CC)s1)CC(C)C(C)(C)C. The summed E-state index contributed by atoms with van der Waals surface area (Å²) in [6, 6.07) is 5.22. The number of rotatable bonds is 7. The number of hydrogen-bond donors (Lipinski definition) is 1. The molecule has 1 heterocycles. The van der Waals surface area contributed by atoms with Crippen molar-refractivity contribution in [3.8, 4) is 0 Å². The van der Waals surface area contributed by atoms with Crippen molar-refractivity contribution in [3.05, 3.63) is 21.9 Å². The van der Waals surface area contributed by atoms with Crippen molar-refractivity contribution in [1.29, 1.82) is 0 Å². The topological polar surface area (TPSA) is 12.0 Å². The number of thiophene rings is 1. The van der Waals surface area contributed by atoms with Gasteiger partial charge in [0.25, 0.3) is 0 Å². The summed E-state index contributed by atoms with van der Waals surface area (Å²) < 4.78 is 0. The highest BCUT2D eigenvalue weighted by Gasteiger charge is 2.23. The Balaban J connectivity index is 2.62. The third-order valence-corrected chi connectivity index (χ3v) is 5.37. The molecule has 1 rings (SSSR count). The lowest BCUT2D eigenvalue weighted by atomic mass is 9.78. The molecule has 110 valence electrons. The van der Waals surface area contributed by atoms with Crippen LogP contribution in [0, 0.1) is 11.3 Å². The predicted octanol–water partition coefficient (Wildman–Crippen LogP) is 4.90. The van der Waals surface area contributed by atoms with E-state index in [0.29, 0.717) is 11.5 Å². The monoisotopic (exact) mass is 281 g/mol. The average Bonchev–Trinajstić information content (AvgIpc) is 2.75.